The van der Waals surface area contributed by atoms with Crippen molar-refractivity contribution in [1.29, 1.82) is 0 Å². The Balaban J connectivity index is 1.94. The topological polar surface area (TPSA) is 20.3 Å². The number of thiophene rings is 1. The van der Waals surface area contributed by atoms with Gasteiger partial charge in [-0.3, -0.25) is 4.79 Å². The first-order valence-electron chi connectivity index (χ1n) is 8.35. The Bertz CT molecular complexity index is 679. The van der Waals surface area contributed by atoms with Gasteiger partial charge in [0.25, 0.3) is 5.91 Å². The molecule has 1 aromatic heterocycles. The van der Waals surface area contributed by atoms with Gasteiger partial charge >= 0.3 is 0 Å². The summed E-state index contributed by atoms with van der Waals surface area (Å²) in [6, 6.07) is 12.4. The quantitative estimate of drug-likeness (QED) is 0.727. The van der Waals surface area contributed by atoms with Gasteiger partial charge in [0.1, 0.15) is 0 Å². The lowest BCUT2D eigenvalue weighted by Crippen LogP contribution is -2.32. The zero-order valence-electron chi connectivity index (χ0n) is 13.6. The minimum Gasteiger partial charge on any atom is -0.339 e. The first-order chi connectivity index (χ1) is 11.2. The number of benzene rings is 1. The van der Waals surface area contributed by atoms with Crippen LogP contribution in [0.2, 0.25) is 0 Å². The van der Waals surface area contributed by atoms with Crippen LogP contribution in [0.15, 0.2) is 41.8 Å². The lowest BCUT2D eigenvalue weighted by atomic mass is 10.1. The Morgan fingerprint density at radius 3 is 2.52 bits per heavy atom. The molecule has 1 fully saturated rings. The van der Waals surface area contributed by atoms with Gasteiger partial charge in [0.2, 0.25) is 0 Å². The van der Waals surface area contributed by atoms with E-state index in [2.05, 4.69) is 25.1 Å². The van der Waals surface area contributed by atoms with Crippen molar-refractivity contribution in [1.82, 2.24) is 4.90 Å². The van der Waals surface area contributed by atoms with Crippen LogP contribution in [0.5, 0.6) is 0 Å². The molecule has 2 heterocycles. The summed E-state index contributed by atoms with van der Waals surface area (Å²) < 4.78 is 0. The summed E-state index contributed by atoms with van der Waals surface area (Å²) in [5, 5.41) is 2.04. The summed E-state index contributed by atoms with van der Waals surface area (Å²) in [6.07, 6.45) is 6.76. The van der Waals surface area contributed by atoms with Gasteiger partial charge < -0.3 is 4.90 Å². The second kappa shape index (κ2) is 7.60. The van der Waals surface area contributed by atoms with E-state index in [1.165, 1.54) is 18.4 Å². The molecule has 23 heavy (non-hydrogen) atoms. The average molecular weight is 325 g/mol. The van der Waals surface area contributed by atoms with Crippen LogP contribution in [0.1, 0.15) is 41.7 Å². The van der Waals surface area contributed by atoms with Crippen molar-refractivity contribution in [3.05, 3.63) is 57.8 Å². The van der Waals surface area contributed by atoms with Crippen molar-refractivity contribution in [3.63, 3.8) is 0 Å². The van der Waals surface area contributed by atoms with Gasteiger partial charge in [-0.05, 0) is 42.9 Å². The molecule has 0 aliphatic carbocycles. The predicted octanol–water partition coefficient (Wildman–Crippen LogP) is 5.00. The van der Waals surface area contributed by atoms with E-state index in [-0.39, 0.29) is 5.91 Å². The fourth-order valence-electron chi connectivity index (χ4n) is 3.04. The number of rotatable bonds is 3. The monoisotopic (exact) mass is 325 g/mol. The standard InChI is InChI=1S/C20H23NOS/c1-16-8-6-9-17(14-16)15-18(19-10-7-13-23-19)20(22)21-11-4-2-3-5-12-21/h6-10,13-15H,2-5,11-12H2,1H3. The van der Waals surface area contributed by atoms with E-state index in [0.717, 1.165) is 41.9 Å². The summed E-state index contributed by atoms with van der Waals surface area (Å²) in [7, 11) is 0. The SMILES string of the molecule is Cc1cccc(C=C(C(=O)N2CCCCCC2)c2cccs2)c1. The molecule has 0 atom stereocenters. The minimum atomic E-state index is 0.177. The molecule has 2 aromatic rings. The highest BCUT2D eigenvalue weighted by Crippen LogP contribution is 2.26. The maximum absolute atomic E-state index is 13.1. The Labute approximate surface area is 142 Å². The summed E-state index contributed by atoms with van der Waals surface area (Å²) >= 11 is 1.64. The van der Waals surface area contributed by atoms with Crippen molar-refractivity contribution in [3.8, 4) is 0 Å². The molecular formula is C20H23NOS. The van der Waals surface area contributed by atoms with E-state index in [4.69, 9.17) is 0 Å². The van der Waals surface area contributed by atoms with Gasteiger partial charge in [0, 0.05) is 18.0 Å². The van der Waals surface area contributed by atoms with Crippen LogP contribution in [-0.4, -0.2) is 23.9 Å². The molecule has 3 heteroatoms. The van der Waals surface area contributed by atoms with Crippen molar-refractivity contribution >= 4 is 28.9 Å². The van der Waals surface area contributed by atoms with Gasteiger partial charge in [-0.1, -0.05) is 48.7 Å². The molecule has 1 aliphatic rings. The van der Waals surface area contributed by atoms with Crippen LogP contribution < -0.4 is 0 Å². The molecule has 0 bridgehead atoms. The number of hydrogen-bond donors (Lipinski definition) is 0. The summed E-state index contributed by atoms with van der Waals surface area (Å²) in [5.41, 5.74) is 3.13. The van der Waals surface area contributed by atoms with Crippen LogP contribution in [0.4, 0.5) is 0 Å². The van der Waals surface area contributed by atoms with Gasteiger partial charge in [0.15, 0.2) is 0 Å². The van der Waals surface area contributed by atoms with Crippen LogP contribution in [0.25, 0.3) is 11.6 Å². The van der Waals surface area contributed by atoms with E-state index in [1.807, 2.05) is 34.6 Å². The highest BCUT2D eigenvalue weighted by atomic mass is 32.1. The molecule has 2 nitrogen and oxygen atoms in total. The van der Waals surface area contributed by atoms with E-state index in [0.29, 0.717) is 0 Å². The Morgan fingerprint density at radius 1 is 1.09 bits per heavy atom. The second-order valence-electron chi connectivity index (χ2n) is 6.16. The lowest BCUT2D eigenvalue weighted by Gasteiger charge is -2.21. The number of amides is 1. The smallest absolute Gasteiger partial charge is 0.255 e. The first kappa shape index (κ1) is 16.0. The normalized spacial score (nSPS) is 16.2. The van der Waals surface area contributed by atoms with Crippen molar-refractivity contribution in [2.45, 2.75) is 32.6 Å². The Kier molecular flexibility index (Phi) is 5.29. The molecule has 1 aromatic carbocycles. The first-order valence-corrected chi connectivity index (χ1v) is 9.23. The fourth-order valence-corrected chi connectivity index (χ4v) is 3.77. The summed E-state index contributed by atoms with van der Waals surface area (Å²) in [5.74, 6) is 0.177. The number of carbonyl (C=O) groups is 1. The Hall–Kier alpha value is -1.87. The third-order valence-corrected chi connectivity index (χ3v) is 5.17. The molecular weight excluding hydrogens is 302 g/mol. The molecule has 0 N–H and O–H groups in total. The van der Waals surface area contributed by atoms with Gasteiger partial charge in [-0.25, -0.2) is 0 Å². The molecule has 120 valence electrons. The zero-order chi connectivity index (χ0) is 16.1. The van der Waals surface area contributed by atoms with Crippen LogP contribution in [0, 0.1) is 6.92 Å². The van der Waals surface area contributed by atoms with Gasteiger partial charge in [-0.15, -0.1) is 11.3 Å². The molecule has 3 rings (SSSR count). The van der Waals surface area contributed by atoms with E-state index in [1.54, 1.807) is 11.3 Å². The maximum Gasteiger partial charge on any atom is 0.255 e. The largest absolute Gasteiger partial charge is 0.339 e. The number of hydrogen-bond acceptors (Lipinski definition) is 2. The second-order valence-corrected chi connectivity index (χ2v) is 7.10. The molecule has 0 saturated carbocycles. The van der Waals surface area contributed by atoms with Gasteiger partial charge in [0.05, 0.1) is 5.57 Å². The minimum absolute atomic E-state index is 0.177. The fraction of sp³-hybridized carbons (Fsp3) is 0.350. The molecule has 0 spiro atoms. The van der Waals surface area contributed by atoms with Crippen LogP contribution >= 0.6 is 11.3 Å². The average Bonchev–Trinajstić information content (AvgIpc) is 2.94. The van der Waals surface area contributed by atoms with E-state index >= 15 is 0 Å². The van der Waals surface area contributed by atoms with E-state index < -0.39 is 0 Å². The van der Waals surface area contributed by atoms with Crippen molar-refractivity contribution < 1.29 is 4.79 Å². The third-order valence-electron chi connectivity index (χ3n) is 4.26. The van der Waals surface area contributed by atoms with Gasteiger partial charge in [-0.2, -0.15) is 0 Å². The number of aryl methyl sites for hydroxylation is 1. The van der Waals surface area contributed by atoms with Crippen LogP contribution in [0.3, 0.4) is 0 Å². The molecule has 1 amide bonds. The maximum atomic E-state index is 13.1. The van der Waals surface area contributed by atoms with Crippen molar-refractivity contribution in [2.75, 3.05) is 13.1 Å². The number of carbonyl (C=O) groups excluding carboxylic acids is 1. The van der Waals surface area contributed by atoms with E-state index in [9.17, 15) is 4.79 Å². The number of likely N-dealkylation sites (tertiary alicyclic amines) is 1. The number of nitrogens with zero attached hydrogens (tertiary/aromatic N) is 1. The lowest BCUT2D eigenvalue weighted by molar-refractivity contribution is -0.124. The predicted molar refractivity (Wildman–Crippen MR) is 98.4 cm³/mol. The van der Waals surface area contributed by atoms with Crippen molar-refractivity contribution in [2.24, 2.45) is 0 Å². The Morgan fingerprint density at radius 2 is 1.87 bits per heavy atom. The highest BCUT2D eigenvalue weighted by molar-refractivity contribution is 7.11. The zero-order valence-corrected chi connectivity index (χ0v) is 14.4. The summed E-state index contributed by atoms with van der Waals surface area (Å²) in [6.45, 7) is 3.85. The molecule has 0 unspecified atom stereocenters. The third kappa shape index (κ3) is 4.11. The van der Waals surface area contributed by atoms with Crippen LogP contribution in [-0.2, 0) is 4.79 Å². The summed E-state index contributed by atoms with van der Waals surface area (Å²) in [4.78, 5) is 16.2. The molecule has 0 radical (unpaired) electrons. The molecule has 1 aliphatic heterocycles. The highest BCUT2D eigenvalue weighted by Gasteiger charge is 2.21. The molecule has 1 saturated heterocycles.